The molecule has 1 aromatic carbocycles. The number of aromatic hydroxyl groups is 1. The minimum absolute atomic E-state index is 0.123. The first-order valence-corrected chi connectivity index (χ1v) is 8.43. The van der Waals surface area contributed by atoms with Gasteiger partial charge in [0, 0.05) is 43.3 Å². The van der Waals surface area contributed by atoms with Crippen molar-refractivity contribution in [3.05, 3.63) is 64.6 Å². The number of nitrogens with one attached hydrogen (secondary N) is 1. The zero-order valence-corrected chi connectivity index (χ0v) is 14.1. The van der Waals surface area contributed by atoms with Crippen molar-refractivity contribution < 1.29 is 9.90 Å². The van der Waals surface area contributed by atoms with Gasteiger partial charge in [0.25, 0.3) is 5.91 Å². The Bertz CT molecular complexity index is 1010. The first-order valence-electron chi connectivity index (χ1n) is 8.43. The van der Waals surface area contributed by atoms with Gasteiger partial charge in [0.15, 0.2) is 0 Å². The second-order valence-corrected chi connectivity index (χ2v) is 6.23. The van der Waals surface area contributed by atoms with E-state index in [4.69, 9.17) is 0 Å². The number of carbonyl (C=O) groups excluding carboxylic acids is 1. The molecule has 7 heteroatoms. The maximum atomic E-state index is 12.8. The molecule has 26 heavy (non-hydrogen) atoms. The molecule has 1 fully saturated rings. The summed E-state index contributed by atoms with van der Waals surface area (Å²) in [5.74, 6) is 0.631. The van der Waals surface area contributed by atoms with Crippen LogP contribution >= 0.6 is 0 Å². The van der Waals surface area contributed by atoms with Crippen LogP contribution in [0.1, 0.15) is 10.4 Å². The standard InChI is InChI=1S/C19H18N4O3/c24-13-5-6-17(21-11-13)22-7-9-23(10-8-22)19(26)15-12-20-16-4-2-1-3-14(16)18(15)25/h1-6,11-12,24H,7-10H2,(H,20,25). The molecule has 1 aliphatic rings. The van der Waals surface area contributed by atoms with Crippen molar-refractivity contribution >= 4 is 22.6 Å². The van der Waals surface area contributed by atoms with E-state index in [2.05, 4.69) is 9.97 Å². The second kappa shape index (κ2) is 6.51. The number of hydrogen-bond donors (Lipinski definition) is 2. The van der Waals surface area contributed by atoms with E-state index in [1.807, 2.05) is 17.0 Å². The van der Waals surface area contributed by atoms with Gasteiger partial charge in [-0.05, 0) is 24.3 Å². The molecule has 2 N–H and O–H groups in total. The summed E-state index contributed by atoms with van der Waals surface area (Å²) < 4.78 is 0. The predicted molar refractivity (Wildman–Crippen MR) is 98.6 cm³/mol. The number of anilines is 1. The predicted octanol–water partition coefficient (Wildman–Crippen LogP) is 1.59. The number of piperazine rings is 1. The Labute approximate surface area is 149 Å². The number of H-pyrrole nitrogens is 1. The van der Waals surface area contributed by atoms with E-state index in [0.29, 0.717) is 31.6 Å². The number of para-hydroxylation sites is 1. The van der Waals surface area contributed by atoms with Gasteiger partial charge in [-0.1, -0.05) is 12.1 Å². The van der Waals surface area contributed by atoms with Crippen LogP contribution in [0, 0.1) is 0 Å². The van der Waals surface area contributed by atoms with Crippen LogP contribution in [-0.4, -0.2) is 52.1 Å². The Morgan fingerprint density at radius 2 is 1.85 bits per heavy atom. The number of fused-ring (bicyclic) bond motifs is 1. The average Bonchev–Trinajstić information content (AvgIpc) is 2.69. The lowest BCUT2D eigenvalue weighted by atomic mass is 10.1. The Morgan fingerprint density at radius 3 is 2.58 bits per heavy atom. The molecule has 2 aromatic heterocycles. The molecule has 0 bridgehead atoms. The number of hydrogen-bond acceptors (Lipinski definition) is 5. The number of amides is 1. The maximum absolute atomic E-state index is 12.8. The molecule has 1 saturated heterocycles. The van der Waals surface area contributed by atoms with Crippen molar-refractivity contribution in [1.29, 1.82) is 0 Å². The molecule has 0 saturated carbocycles. The van der Waals surface area contributed by atoms with Gasteiger partial charge in [-0.15, -0.1) is 0 Å². The number of aromatic nitrogens is 2. The quantitative estimate of drug-likeness (QED) is 0.733. The van der Waals surface area contributed by atoms with E-state index >= 15 is 0 Å². The number of aromatic amines is 1. The lowest BCUT2D eigenvalue weighted by Gasteiger charge is -2.35. The van der Waals surface area contributed by atoms with Gasteiger partial charge in [0.2, 0.25) is 5.43 Å². The van der Waals surface area contributed by atoms with Crippen LogP contribution in [0.4, 0.5) is 5.82 Å². The molecular formula is C19H18N4O3. The minimum Gasteiger partial charge on any atom is -0.506 e. The summed E-state index contributed by atoms with van der Waals surface area (Å²) in [6, 6.07) is 10.5. The van der Waals surface area contributed by atoms with Crippen LogP contribution < -0.4 is 10.3 Å². The lowest BCUT2D eigenvalue weighted by Crippen LogP contribution is -2.49. The van der Waals surface area contributed by atoms with Crippen molar-refractivity contribution in [2.75, 3.05) is 31.1 Å². The van der Waals surface area contributed by atoms with Crippen LogP contribution in [0.25, 0.3) is 10.9 Å². The van der Waals surface area contributed by atoms with Crippen LogP contribution in [0.15, 0.2) is 53.6 Å². The van der Waals surface area contributed by atoms with Crippen LogP contribution in [0.5, 0.6) is 5.75 Å². The molecule has 0 unspecified atom stereocenters. The van der Waals surface area contributed by atoms with E-state index in [9.17, 15) is 14.7 Å². The normalized spacial score (nSPS) is 14.6. The van der Waals surface area contributed by atoms with Crippen molar-refractivity contribution in [1.82, 2.24) is 14.9 Å². The minimum atomic E-state index is -0.254. The van der Waals surface area contributed by atoms with E-state index < -0.39 is 0 Å². The SMILES string of the molecule is O=C(c1c[nH]c2ccccc2c1=O)N1CCN(c2ccc(O)cn2)CC1. The molecule has 4 rings (SSSR count). The zero-order chi connectivity index (χ0) is 18.1. The van der Waals surface area contributed by atoms with Gasteiger partial charge in [-0.2, -0.15) is 0 Å². The highest BCUT2D eigenvalue weighted by molar-refractivity contribution is 5.97. The third-order valence-corrected chi connectivity index (χ3v) is 4.64. The Morgan fingerprint density at radius 1 is 1.08 bits per heavy atom. The molecule has 1 aliphatic heterocycles. The molecule has 7 nitrogen and oxygen atoms in total. The molecule has 0 aliphatic carbocycles. The van der Waals surface area contributed by atoms with Crippen molar-refractivity contribution in [3.63, 3.8) is 0 Å². The number of benzene rings is 1. The molecule has 1 amide bonds. The largest absolute Gasteiger partial charge is 0.506 e. The second-order valence-electron chi connectivity index (χ2n) is 6.23. The Hall–Kier alpha value is -3.35. The fraction of sp³-hybridized carbons (Fsp3) is 0.211. The van der Waals surface area contributed by atoms with Crippen molar-refractivity contribution in [2.45, 2.75) is 0 Å². The number of nitrogens with zero attached hydrogens (tertiary/aromatic N) is 3. The van der Waals surface area contributed by atoms with Gasteiger partial charge in [-0.3, -0.25) is 9.59 Å². The van der Waals surface area contributed by atoms with Crippen molar-refractivity contribution in [2.24, 2.45) is 0 Å². The summed E-state index contributed by atoms with van der Waals surface area (Å²) in [5, 5.41) is 9.85. The highest BCUT2D eigenvalue weighted by atomic mass is 16.3. The van der Waals surface area contributed by atoms with Gasteiger partial charge in [0.05, 0.1) is 6.20 Å². The fourth-order valence-corrected chi connectivity index (χ4v) is 3.20. The van der Waals surface area contributed by atoms with E-state index in [-0.39, 0.29) is 22.6 Å². The first kappa shape index (κ1) is 16.1. The molecule has 132 valence electrons. The van der Waals surface area contributed by atoms with E-state index in [1.165, 1.54) is 12.4 Å². The third-order valence-electron chi connectivity index (χ3n) is 4.64. The van der Waals surface area contributed by atoms with Gasteiger partial charge in [0.1, 0.15) is 17.1 Å². The summed E-state index contributed by atoms with van der Waals surface area (Å²) >= 11 is 0. The fourth-order valence-electron chi connectivity index (χ4n) is 3.20. The molecule has 3 heterocycles. The maximum Gasteiger partial charge on any atom is 0.259 e. The van der Waals surface area contributed by atoms with Gasteiger partial charge < -0.3 is 19.9 Å². The summed E-state index contributed by atoms with van der Waals surface area (Å²) in [5.41, 5.74) is 0.643. The highest BCUT2D eigenvalue weighted by Gasteiger charge is 2.25. The molecule has 0 atom stereocenters. The van der Waals surface area contributed by atoms with Crippen LogP contribution in [0.2, 0.25) is 0 Å². The highest BCUT2D eigenvalue weighted by Crippen LogP contribution is 2.17. The molecule has 0 radical (unpaired) electrons. The average molecular weight is 350 g/mol. The summed E-state index contributed by atoms with van der Waals surface area (Å²) in [7, 11) is 0. The van der Waals surface area contributed by atoms with Gasteiger partial charge >= 0.3 is 0 Å². The van der Waals surface area contributed by atoms with Crippen LogP contribution in [-0.2, 0) is 0 Å². The summed E-state index contributed by atoms with van der Waals surface area (Å²) in [4.78, 5) is 36.4. The third kappa shape index (κ3) is 2.88. The number of carbonyl (C=O) groups is 1. The Balaban J connectivity index is 1.51. The summed E-state index contributed by atoms with van der Waals surface area (Å²) in [6.07, 6.45) is 2.91. The Kier molecular flexibility index (Phi) is 4.04. The zero-order valence-electron chi connectivity index (χ0n) is 14.1. The first-order chi connectivity index (χ1) is 12.6. The molecular weight excluding hydrogens is 332 g/mol. The van der Waals surface area contributed by atoms with E-state index in [1.54, 1.807) is 29.2 Å². The van der Waals surface area contributed by atoms with Crippen LogP contribution in [0.3, 0.4) is 0 Å². The van der Waals surface area contributed by atoms with E-state index in [0.717, 1.165) is 11.3 Å². The number of rotatable bonds is 2. The summed E-state index contributed by atoms with van der Waals surface area (Å²) in [6.45, 7) is 2.26. The monoisotopic (exact) mass is 350 g/mol. The van der Waals surface area contributed by atoms with Gasteiger partial charge in [-0.25, -0.2) is 4.98 Å². The molecule has 3 aromatic rings. The lowest BCUT2D eigenvalue weighted by molar-refractivity contribution is 0.0745. The molecule has 0 spiro atoms. The number of pyridine rings is 2. The topological polar surface area (TPSA) is 89.5 Å². The smallest absolute Gasteiger partial charge is 0.259 e. The van der Waals surface area contributed by atoms with Crippen molar-refractivity contribution in [3.8, 4) is 5.75 Å².